The van der Waals surface area contributed by atoms with Crippen molar-refractivity contribution in [2.75, 3.05) is 21.3 Å². The maximum absolute atomic E-state index is 6.32. The highest BCUT2D eigenvalue weighted by atomic mass is 35.5. The molecule has 5 heteroatoms. The van der Waals surface area contributed by atoms with E-state index in [0.29, 0.717) is 10.0 Å². The summed E-state index contributed by atoms with van der Waals surface area (Å²) in [6.07, 6.45) is 0. The van der Waals surface area contributed by atoms with Crippen LogP contribution < -0.4 is 14.8 Å². The molecule has 0 heterocycles. The molecule has 0 bridgehead atoms. The van der Waals surface area contributed by atoms with Crippen molar-refractivity contribution in [2.45, 2.75) is 6.04 Å². The molecule has 1 N–H and O–H groups in total. The lowest BCUT2D eigenvalue weighted by Gasteiger charge is -2.21. The van der Waals surface area contributed by atoms with E-state index in [0.717, 1.165) is 22.6 Å². The molecule has 0 radical (unpaired) electrons. The summed E-state index contributed by atoms with van der Waals surface area (Å²) in [5.74, 6) is 1.51. The number of methoxy groups -OCH3 is 2. The topological polar surface area (TPSA) is 30.5 Å². The minimum atomic E-state index is -0.152. The number of halogens is 2. The summed E-state index contributed by atoms with van der Waals surface area (Å²) in [7, 11) is 5.13. The largest absolute Gasteiger partial charge is 0.497 e. The molecule has 112 valence electrons. The van der Waals surface area contributed by atoms with Crippen LogP contribution in [0.5, 0.6) is 11.5 Å². The molecule has 2 rings (SSSR count). The van der Waals surface area contributed by atoms with Gasteiger partial charge in [-0.05, 0) is 49.0 Å². The van der Waals surface area contributed by atoms with Crippen molar-refractivity contribution < 1.29 is 9.47 Å². The highest BCUT2D eigenvalue weighted by Crippen LogP contribution is 2.36. The monoisotopic (exact) mass is 325 g/mol. The summed E-state index contributed by atoms with van der Waals surface area (Å²) in [6.45, 7) is 0. The Bertz CT molecular complexity index is 632. The summed E-state index contributed by atoms with van der Waals surface area (Å²) in [5, 5.41) is 4.53. The van der Waals surface area contributed by atoms with Crippen molar-refractivity contribution >= 4 is 23.2 Å². The zero-order chi connectivity index (χ0) is 15.4. The van der Waals surface area contributed by atoms with Gasteiger partial charge in [0.05, 0.1) is 20.3 Å². The fourth-order valence-electron chi connectivity index (χ4n) is 2.28. The number of nitrogens with one attached hydrogen (secondary N) is 1. The molecule has 0 fully saturated rings. The summed E-state index contributed by atoms with van der Waals surface area (Å²) < 4.78 is 10.7. The van der Waals surface area contributed by atoms with Gasteiger partial charge in [-0.25, -0.2) is 0 Å². The van der Waals surface area contributed by atoms with Crippen molar-refractivity contribution in [3.05, 3.63) is 57.6 Å². The minimum absolute atomic E-state index is 0.152. The van der Waals surface area contributed by atoms with Crippen LogP contribution in [0.25, 0.3) is 0 Å². The average Bonchev–Trinajstić information content (AvgIpc) is 2.51. The molecule has 0 spiro atoms. The van der Waals surface area contributed by atoms with Crippen LogP contribution >= 0.6 is 23.2 Å². The van der Waals surface area contributed by atoms with Crippen LogP contribution in [-0.2, 0) is 0 Å². The third-order valence-electron chi connectivity index (χ3n) is 3.31. The second-order valence-corrected chi connectivity index (χ2v) is 5.34. The first-order valence-electron chi connectivity index (χ1n) is 6.44. The lowest BCUT2D eigenvalue weighted by atomic mass is 9.97. The van der Waals surface area contributed by atoms with Gasteiger partial charge in [0.15, 0.2) is 0 Å². The maximum Gasteiger partial charge on any atom is 0.124 e. The Labute approximate surface area is 134 Å². The van der Waals surface area contributed by atoms with Crippen LogP contribution in [0.4, 0.5) is 0 Å². The van der Waals surface area contributed by atoms with Crippen LogP contribution in [0.3, 0.4) is 0 Å². The van der Waals surface area contributed by atoms with Gasteiger partial charge in [0, 0.05) is 15.6 Å². The standard InChI is InChI=1S/C16H17Cl2NO2/c1-19-16(12-8-10(17)4-6-14(12)18)13-9-11(20-2)5-7-15(13)21-3/h4-9,16,19H,1-3H3. The van der Waals surface area contributed by atoms with Crippen molar-refractivity contribution in [3.63, 3.8) is 0 Å². The minimum Gasteiger partial charge on any atom is -0.497 e. The summed E-state index contributed by atoms with van der Waals surface area (Å²) in [4.78, 5) is 0. The van der Waals surface area contributed by atoms with Gasteiger partial charge in [0.25, 0.3) is 0 Å². The second kappa shape index (κ2) is 7.03. The molecule has 0 saturated carbocycles. The number of rotatable bonds is 5. The van der Waals surface area contributed by atoms with E-state index in [1.54, 1.807) is 26.4 Å². The zero-order valence-corrected chi connectivity index (χ0v) is 13.6. The molecule has 0 saturated heterocycles. The number of hydrogen-bond donors (Lipinski definition) is 1. The van der Waals surface area contributed by atoms with Gasteiger partial charge >= 0.3 is 0 Å². The molecule has 2 aromatic carbocycles. The Morgan fingerprint density at radius 1 is 0.952 bits per heavy atom. The maximum atomic E-state index is 6.32. The van der Waals surface area contributed by atoms with Crippen LogP contribution in [0.1, 0.15) is 17.2 Å². The van der Waals surface area contributed by atoms with Crippen LogP contribution in [0.2, 0.25) is 10.0 Å². The van der Waals surface area contributed by atoms with Gasteiger partial charge in [0.2, 0.25) is 0 Å². The van der Waals surface area contributed by atoms with Gasteiger partial charge in [-0.3, -0.25) is 0 Å². The van der Waals surface area contributed by atoms with E-state index in [1.165, 1.54) is 0 Å². The first-order valence-corrected chi connectivity index (χ1v) is 7.20. The molecule has 21 heavy (non-hydrogen) atoms. The van der Waals surface area contributed by atoms with E-state index >= 15 is 0 Å². The van der Waals surface area contributed by atoms with Crippen LogP contribution in [-0.4, -0.2) is 21.3 Å². The second-order valence-electron chi connectivity index (χ2n) is 4.50. The molecule has 0 amide bonds. The van der Waals surface area contributed by atoms with Crippen molar-refractivity contribution in [2.24, 2.45) is 0 Å². The van der Waals surface area contributed by atoms with Gasteiger partial charge in [-0.1, -0.05) is 23.2 Å². The smallest absolute Gasteiger partial charge is 0.124 e. The molecule has 2 aromatic rings. The normalized spacial score (nSPS) is 12.0. The molecule has 0 aliphatic heterocycles. The van der Waals surface area contributed by atoms with Crippen molar-refractivity contribution in [1.29, 1.82) is 0 Å². The lowest BCUT2D eigenvalue weighted by molar-refractivity contribution is 0.395. The Kier molecular flexibility index (Phi) is 5.34. The van der Waals surface area contributed by atoms with E-state index in [9.17, 15) is 0 Å². The quantitative estimate of drug-likeness (QED) is 0.888. The summed E-state index contributed by atoms with van der Waals surface area (Å²) in [5.41, 5.74) is 1.82. The van der Waals surface area contributed by atoms with E-state index in [1.807, 2.05) is 31.3 Å². The zero-order valence-electron chi connectivity index (χ0n) is 12.1. The molecule has 1 atom stereocenters. The van der Waals surface area contributed by atoms with E-state index in [4.69, 9.17) is 32.7 Å². The van der Waals surface area contributed by atoms with E-state index < -0.39 is 0 Å². The van der Waals surface area contributed by atoms with Crippen molar-refractivity contribution in [1.82, 2.24) is 5.32 Å². The Balaban J connectivity index is 2.57. The number of benzene rings is 2. The third-order valence-corrected chi connectivity index (χ3v) is 3.88. The summed E-state index contributed by atoms with van der Waals surface area (Å²) in [6, 6.07) is 10.9. The molecule has 0 aromatic heterocycles. The molecular formula is C16H17Cl2NO2. The average molecular weight is 326 g/mol. The fourth-order valence-corrected chi connectivity index (χ4v) is 2.69. The lowest BCUT2D eigenvalue weighted by Crippen LogP contribution is -2.19. The van der Waals surface area contributed by atoms with Gasteiger partial charge in [-0.2, -0.15) is 0 Å². The van der Waals surface area contributed by atoms with E-state index in [-0.39, 0.29) is 6.04 Å². The highest BCUT2D eigenvalue weighted by Gasteiger charge is 2.20. The predicted octanol–water partition coefficient (Wildman–Crippen LogP) is 4.32. The molecule has 0 aliphatic carbocycles. The third kappa shape index (κ3) is 3.43. The first-order chi connectivity index (χ1) is 10.1. The molecular weight excluding hydrogens is 309 g/mol. The Morgan fingerprint density at radius 3 is 2.33 bits per heavy atom. The van der Waals surface area contributed by atoms with E-state index in [2.05, 4.69) is 5.32 Å². The number of hydrogen-bond acceptors (Lipinski definition) is 3. The Hall–Kier alpha value is -1.42. The number of ether oxygens (including phenoxy) is 2. The summed E-state index contributed by atoms with van der Waals surface area (Å²) >= 11 is 12.4. The fraction of sp³-hybridized carbons (Fsp3) is 0.250. The van der Waals surface area contributed by atoms with Crippen molar-refractivity contribution in [3.8, 4) is 11.5 Å². The predicted molar refractivity (Wildman–Crippen MR) is 86.9 cm³/mol. The molecule has 1 unspecified atom stereocenters. The molecule has 3 nitrogen and oxygen atoms in total. The molecule has 0 aliphatic rings. The van der Waals surface area contributed by atoms with Crippen LogP contribution in [0, 0.1) is 0 Å². The van der Waals surface area contributed by atoms with Crippen LogP contribution in [0.15, 0.2) is 36.4 Å². The first kappa shape index (κ1) is 16.0. The van der Waals surface area contributed by atoms with Gasteiger partial charge < -0.3 is 14.8 Å². The highest BCUT2D eigenvalue weighted by molar-refractivity contribution is 6.33. The Morgan fingerprint density at radius 2 is 1.71 bits per heavy atom. The van der Waals surface area contributed by atoms with Gasteiger partial charge in [0.1, 0.15) is 11.5 Å². The SMILES string of the molecule is CNC(c1cc(Cl)ccc1Cl)c1cc(OC)ccc1OC. The van der Waals surface area contributed by atoms with Gasteiger partial charge in [-0.15, -0.1) is 0 Å².